The molecule has 0 aromatic carbocycles. The molecule has 0 aliphatic rings. The van der Waals surface area contributed by atoms with E-state index in [1.807, 2.05) is 19.9 Å². The smallest absolute Gasteiger partial charge is 0.183 e. The highest BCUT2D eigenvalue weighted by Gasteiger charge is 2.21. The topological polar surface area (TPSA) is 45.4 Å². The quantitative estimate of drug-likeness (QED) is 0.822. The van der Waals surface area contributed by atoms with Crippen LogP contribution in [0.2, 0.25) is 0 Å². The van der Waals surface area contributed by atoms with Gasteiger partial charge in [-0.25, -0.2) is 0 Å². The van der Waals surface area contributed by atoms with Gasteiger partial charge in [-0.15, -0.1) is 0 Å². The minimum absolute atomic E-state index is 0.579. The number of aliphatic hydroxyl groups is 1. The van der Waals surface area contributed by atoms with Crippen molar-refractivity contribution in [2.75, 3.05) is 6.54 Å². The summed E-state index contributed by atoms with van der Waals surface area (Å²) >= 11 is 6.64. The lowest BCUT2D eigenvalue weighted by Gasteiger charge is -2.25. The van der Waals surface area contributed by atoms with E-state index in [2.05, 4.69) is 37.2 Å². The van der Waals surface area contributed by atoms with Gasteiger partial charge in [-0.05, 0) is 50.8 Å². The van der Waals surface area contributed by atoms with Gasteiger partial charge in [0.15, 0.2) is 4.67 Å². The maximum atomic E-state index is 10.1. The molecule has 0 saturated carbocycles. The van der Waals surface area contributed by atoms with Crippen LogP contribution in [0.25, 0.3) is 0 Å². The second-order valence-corrected chi connectivity index (χ2v) is 5.44. The zero-order valence-electron chi connectivity index (χ0n) is 9.52. The Morgan fingerprint density at radius 3 is 2.44 bits per heavy atom. The van der Waals surface area contributed by atoms with Gasteiger partial charge in [-0.2, -0.15) is 0 Å². The van der Waals surface area contributed by atoms with Crippen LogP contribution < -0.4 is 5.32 Å². The molecule has 0 amide bonds. The molecule has 0 aliphatic carbocycles. The van der Waals surface area contributed by atoms with E-state index >= 15 is 0 Å². The Kier molecular flexibility index (Phi) is 5.50. The molecule has 1 aromatic rings. The first-order valence-electron chi connectivity index (χ1n) is 5.37. The van der Waals surface area contributed by atoms with E-state index in [1.54, 1.807) is 0 Å². The molecule has 1 rings (SSSR count). The van der Waals surface area contributed by atoms with Crippen LogP contribution in [0, 0.1) is 0 Å². The Morgan fingerprint density at radius 2 is 2.00 bits per heavy atom. The molecule has 1 heterocycles. The van der Waals surface area contributed by atoms with E-state index in [4.69, 9.17) is 4.42 Å². The van der Waals surface area contributed by atoms with Crippen LogP contribution in [-0.2, 0) is 6.54 Å². The number of hydrogen-bond donors (Lipinski definition) is 2. The summed E-state index contributed by atoms with van der Waals surface area (Å²) in [5.74, 6) is 0.841. The van der Waals surface area contributed by atoms with Crippen LogP contribution in [0.5, 0.6) is 0 Å². The molecule has 92 valence electrons. The van der Waals surface area contributed by atoms with Crippen LogP contribution in [0.15, 0.2) is 19.6 Å². The molecular formula is C11H17Br2NO2. The normalized spacial score (nSPS) is 12.1. The van der Waals surface area contributed by atoms with Gasteiger partial charge in [0, 0.05) is 6.54 Å². The average Bonchev–Trinajstić information content (AvgIpc) is 2.58. The van der Waals surface area contributed by atoms with Gasteiger partial charge in [-0.1, -0.05) is 13.8 Å². The summed E-state index contributed by atoms with van der Waals surface area (Å²) in [6.45, 7) is 5.18. The lowest BCUT2D eigenvalue weighted by Crippen LogP contribution is -2.39. The number of nitrogens with one attached hydrogen (secondary N) is 1. The first-order valence-corrected chi connectivity index (χ1v) is 6.96. The largest absolute Gasteiger partial charge is 0.452 e. The van der Waals surface area contributed by atoms with Gasteiger partial charge in [-0.3, -0.25) is 0 Å². The molecule has 0 aliphatic heterocycles. The fraction of sp³-hybridized carbons (Fsp3) is 0.636. The van der Waals surface area contributed by atoms with E-state index in [-0.39, 0.29) is 0 Å². The highest BCUT2D eigenvalue weighted by atomic mass is 79.9. The fourth-order valence-electron chi connectivity index (χ4n) is 1.40. The van der Waals surface area contributed by atoms with Gasteiger partial charge < -0.3 is 14.8 Å². The highest BCUT2D eigenvalue weighted by molar-refractivity contribution is 9.13. The summed E-state index contributed by atoms with van der Waals surface area (Å²) in [4.78, 5) is 0. The van der Waals surface area contributed by atoms with E-state index in [0.717, 1.165) is 23.1 Å². The van der Waals surface area contributed by atoms with Crippen molar-refractivity contribution in [3.05, 3.63) is 21.0 Å². The van der Waals surface area contributed by atoms with Crippen molar-refractivity contribution in [2.45, 2.75) is 38.8 Å². The molecule has 5 heteroatoms. The van der Waals surface area contributed by atoms with Gasteiger partial charge in [0.2, 0.25) is 0 Å². The monoisotopic (exact) mass is 353 g/mol. The van der Waals surface area contributed by atoms with Crippen LogP contribution in [0.4, 0.5) is 0 Å². The van der Waals surface area contributed by atoms with Gasteiger partial charge in [0.1, 0.15) is 5.76 Å². The van der Waals surface area contributed by atoms with Gasteiger partial charge in [0.05, 0.1) is 16.6 Å². The summed E-state index contributed by atoms with van der Waals surface area (Å²) in [6.07, 6.45) is 1.50. The van der Waals surface area contributed by atoms with E-state index in [0.29, 0.717) is 17.8 Å². The summed E-state index contributed by atoms with van der Waals surface area (Å²) in [5, 5.41) is 13.3. The molecule has 16 heavy (non-hydrogen) atoms. The highest BCUT2D eigenvalue weighted by Crippen LogP contribution is 2.26. The predicted octanol–water partition coefficient (Wildman–Crippen LogP) is 3.45. The van der Waals surface area contributed by atoms with Crippen LogP contribution >= 0.6 is 31.9 Å². The Hall–Kier alpha value is 0.160. The van der Waals surface area contributed by atoms with Crippen molar-refractivity contribution >= 4 is 31.9 Å². The zero-order chi connectivity index (χ0) is 12.2. The van der Waals surface area contributed by atoms with Crippen LogP contribution in [0.3, 0.4) is 0 Å². The van der Waals surface area contributed by atoms with E-state index in [9.17, 15) is 5.11 Å². The minimum Gasteiger partial charge on any atom is -0.452 e. The molecule has 1 aromatic heterocycles. The number of halogens is 2. The summed E-state index contributed by atoms with van der Waals surface area (Å²) < 4.78 is 7.03. The standard InChI is InChI=1S/C11H17Br2NO2/c1-3-11(15,4-2)7-14-6-8-5-9(12)10(13)16-8/h5,14-15H,3-4,6-7H2,1-2H3. The fourth-order valence-corrected chi connectivity index (χ4v) is 2.06. The Labute approximate surface area is 113 Å². The van der Waals surface area contributed by atoms with Crippen molar-refractivity contribution in [2.24, 2.45) is 0 Å². The van der Waals surface area contributed by atoms with Crippen molar-refractivity contribution in [3.8, 4) is 0 Å². The molecule has 3 nitrogen and oxygen atoms in total. The molecule has 0 atom stereocenters. The van der Waals surface area contributed by atoms with Crippen molar-refractivity contribution in [3.63, 3.8) is 0 Å². The lowest BCUT2D eigenvalue weighted by atomic mass is 9.98. The van der Waals surface area contributed by atoms with E-state index in [1.165, 1.54) is 0 Å². The Morgan fingerprint density at radius 1 is 1.38 bits per heavy atom. The third-order valence-corrected chi connectivity index (χ3v) is 4.48. The van der Waals surface area contributed by atoms with Crippen molar-refractivity contribution in [1.29, 1.82) is 0 Å². The number of rotatable bonds is 6. The molecule has 0 fully saturated rings. The molecule has 0 saturated heterocycles. The molecule has 2 N–H and O–H groups in total. The maximum Gasteiger partial charge on any atom is 0.183 e. The van der Waals surface area contributed by atoms with Gasteiger partial charge in [0.25, 0.3) is 0 Å². The zero-order valence-corrected chi connectivity index (χ0v) is 12.7. The first kappa shape index (κ1) is 14.2. The second kappa shape index (κ2) is 6.19. The third kappa shape index (κ3) is 3.87. The summed E-state index contributed by atoms with van der Waals surface area (Å²) in [6, 6.07) is 1.91. The number of hydrogen-bond acceptors (Lipinski definition) is 3. The minimum atomic E-state index is -0.610. The molecular weight excluding hydrogens is 338 g/mol. The lowest BCUT2D eigenvalue weighted by molar-refractivity contribution is 0.0319. The van der Waals surface area contributed by atoms with Crippen LogP contribution in [-0.4, -0.2) is 17.3 Å². The third-order valence-electron chi connectivity index (χ3n) is 2.77. The summed E-state index contributed by atoms with van der Waals surface area (Å²) in [7, 11) is 0. The summed E-state index contributed by atoms with van der Waals surface area (Å²) in [5.41, 5.74) is -0.610. The first-order chi connectivity index (χ1) is 7.50. The molecule has 0 spiro atoms. The van der Waals surface area contributed by atoms with Crippen molar-refractivity contribution in [1.82, 2.24) is 5.32 Å². The number of furan rings is 1. The molecule has 0 bridgehead atoms. The van der Waals surface area contributed by atoms with E-state index < -0.39 is 5.60 Å². The SMILES string of the molecule is CCC(O)(CC)CNCc1cc(Br)c(Br)o1. The molecule has 0 unspecified atom stereocenters. The average molecular weight is 355 g/mol. The second-order valence-electron chi connectivity index (χ2n) is 3.87. The van der Waals surface area contributed by atoms with Gasteiger partial charge >= 0.3 is 0 Å². The molecule has 0 radical (unpaired) electrons. The Balaban J connectivity index is 2.41. The predicted molar refractivity (Wildman–Crippen MR) is 71.3 cm³/mol. The van der Waals surface area contributed by atoms with Crippen molar-refractivity contribution < 1.29 is 9.52 Å². The van der Waals surface area contributed by atoms with Crippen LogP contribution in [0.1, 0.15) is 32.4 Å². The Bertz CT molecular complexity index is 315. The maximum absolute atomic E-state index is 10.1.